The number of rotatable bonds is 7. The van der Waals surface area contributed by atoms with Crippen LogP contribution in [0.5, 0.6) is 5.88 Å². The van der Waals surface area contributed by atoms with Gasteiger partial charge in [0.25, 0.3) is 5.91 Å². The molecule has 0 aliphatic carbocycles. The highest BCUT2D eigenvalue weighted by Crippen LogP contribution is 2.21. The zero-order valence-electron chi connectivity index (χ0n) is 14.3. The number of hydrazone groups is 1. The molecule has 0 radical (unpaired) electrons. The van der Waals surface area contributed by atoms with Crippen LogP contribution >= 0.6 is 0 Å². The number of hydrogen-bond donors (Lipinski definition) is 1. The Balaban J connectivity index is 1.98. The highest BCUT2D eigenvalue weighted by atomic mass is 19.1. The van der Waals surface area contributed by atoms with Gasteiger partial charge in [0.1, 0.15) is 17.4 Å². The van der Waals surface area contributed by atoms with E-state index in [0.717, 1.165) is 0 Å². The quantitative estimate of drug-likeness (QED) is 0.605. The van der Waals surface area contributed by atoms with Crippen LogP contribution in [0, 0.1) is 24.1 Å². The summed E-state index contributed by atoms with van der Waals surface area (Å²) in [4.78, 5) is 15.9. The fourth-order valence-corrected chi connectivity index (χ4v) is 2.14. The van der Waals surface area contributed by atoms with E-state index in [4.69, 9.17) is 9.47 Å². The maximum absolute atomic E-state index is 13.0. The average molecular weight is 356 g/mol. The summed E-state index contributed by atoms with van der Waals surface area (Å²) in [6.07, 6.45) is 1.31. The molecular weight excluding hydrogens is 339 g/mol. The van der Waals surface area contributed by atoms with Gasteiger partial charge in [0.15, 0.2) is 6.61 Å². The topological polar surface area (TPSA) is 96.6 Å². The number of nitrogens with one attached hydrogen (secondary N) is 1. The van der Waals surface area contributed by atoms with Crippen molar-refractivity contribution < 1.29 is 18.7 Å². The molecule has 0 fully saturated rings. The summed E-state index contributed by atoms with van der Waals surface area (Å²) in [6.45, 7) is 1.60. The first-order valence-corrected chi connectivity index (χ1v) is 7.63. The number of amides is 1. The average Bonchev–Trinajstić information content (AvgIpc) is 2.60. The lowest BCUT2D eigenvalue weighted by Crippen LogP contribution is -2.25. The van der Waals surface area contributed by atoms with Crippen molar-refractivity contribution >= 4 is 12.1 Å². The van der Waals surface area contributed by atoms with Crippen molar-refractivity contribution in [1.29, 1.82) is 5.26 Å². The molecule has 134 valence electrons. The zero-order valence-corrected chi connectivity index (χ0v) is 14.3. The molecule has 0 aliphatic heterocycles. The number of nitrogens with zero attached hydrogens (tertiary/aromatic N) is 3. The van der Waals surface area contributed by atoms with Crippen molar-refractivity contribution in [3.8, 4) is 11.9 Å². The van der Waals surface area contributed by atoms with Gasteiger partial charge in [0.05, 0.1) is 12.8 Å². The van der Waals surface area contributed by atoms with Crippen LogP contribution < -0.4 is 10.2 Å². The number of nitriles is 1. The van der Waals surface area contributed by atoms with Gasteiger partial charge >= 0.3 is 0 Å². The fraction of sp³-hybridized carbons (Fsp3) is 0.222. The van der Waals surface area contributed by atoms with Crippen LogP contribution in [0.4, 0.5) is 4.39 Å². The molecule has 0 bridgehead atoms. The molecule has 1 heterocycles. The van der Waals surface area contributed by atoms with Gasteiger partial charge in [0, 0.05) is 18.4 Å². The van der Waals surface area contributed by atoms with E-state index in [9.17, 15) is 14.4 Å². The van der Waals surface area contributed by atoms with Gasteiger partial charge in [0.2, 0.25) is 5.88 Å². The van der Waals surface area contributed by atoms with Crippen LogP contribution in [0.25, 0.3) is 0 Å². The Morgan fingerprint density at radius 3 is 2.96 bits per heavy atom. The van der Waals surface area contributed by atoms with Gasteiger partial charge in [-0.3, -0.25) is 4.79 Å². The Labute approximate surface area is 150 Å². The third kappa shape index (κ3) is 5.36. The second-order valence-electron chi connectivity index (χ2n) is 5.28. The minimum Gasteiger partial charge on any atom is -0.467 e. The van der Waals surface area contributed by atoms with Crippen LogP contribution in [0.3, 0.4) is 0 Å². The smallest absolute Gasteiger partial charge is 0.278 e. The van der Waals surface area contributed by atoms with Crippen molar-refractivity contribution in [2.75, 3.05) is 13.7 Å². The van der Waals surface area contributed by atoms with Gasteiger partial charge in [-0.1, -0.05) is 12.1 Å². The van der Waals surface area contributed by atoms with Crippen LogP contribution in [-0.4, -0.2) is 30.8 Å². The number of carbonyl (C=O) groups is 1. The van der Waals surface area contributed by atoms with E-state index in [1.165, 1.54) is 31.5 Å². The lowest BCUT2D eigenvalue weighted by molar-refractivity contribution is -0.123. The number of ether oxygens (including phenoxy) is 2. The van der Waals surface area contributed by atoms with E-state index < -0.39 is 11.7 Å². The molecule has 2 rings (SSSR count). The maximum Gasteiger partial charge on any atom is 0.278 e. The number of hydrogen-bond acceptors (Lipinski definition) is 6. The van der Waals surface area contributed by atoms with E-state index in [2.05, 4.69) is 15.5 Å². The van der Waals surface area contributed by atoms with Gasteiger partial charge in [-0.25, -0.2) is 14.8 Å². The standard InChI is InChI=1S/C18H17FN4O3/c1-12-6-14(10-25-2)16(8-20)18(22-12)26-11-17(24)23-21-9-13-4-3-5-15(19)7-13/h3-7,9H,10-11H2,1-2H3,(H,23,24)/b21-9+. The Morgan fingerprint density at radius 1 is 1.46 bits per heavy atom. The summed E-state index contributed by atoms with van der Waals surface area (Å²) in [5.41, 5.74) is 4.24. The van der Waals surface area contributed by atoms with E-state index >= 15 is 0 Å². The molecule has 0 unspecified atom stereocenters. The maximum atomic E-state index is 13.0. The summed E-state index contributed by atoms with van der Waals surface area (Å²) in [6, 6.07) is 9.49. The van der Waals surface area contributed by atoms with Gasteiger partial charge in [-0.05, 0) is 30.7 Å². The van der Waals surface area contributed by atoms with Crippen LogP contribution in [0.15, 0.2) is 35.4 Å². The van der Waals surface area contributed by atoms with Crippen molar-refractivity contribution in [1.82, 2.24) is 10.4 Å². The number of aryl methyl sites for hydroxylation is 1. The summed E-state index contributed by atoms with van der Waals surface area (Å²) in [5, 5.41) is 13.0. The van der Waals surface area contributed by atoms with Crippen LogP contribution in [0.1, 0.15) is 22.4 Å². The van der Waals surface area contributed by atoms with E-state index in [1.54, 1.807) is 19.1 Å². The first kappa shape index (κ1) is 19.0. The molecular formula is C18H17FN4O3. The molecule has 1 amide bonds. The van der Waals surface area contributed by atoms with E-state index in [-0.39, 0.29) is 24.7 Å². The fourth-order valence-electron chi connectivity index (χ4n) is 2.14. The molecule has 0 spiro atoms. The second kappa shape index (κ2) is 9.25. The number of pyridine rings is 1. The van der Waals surface area contributed by atoms with Crippen LogP contribution in [-0.2, 0) is 16.1 Å². The van der Waals surface area contributed by atoms with Gasteiger partial charge < -0.3 is 9.47 Å². The summed E-state index contributed by atoms with van der Waals surface area (Å²) in [5.74, 6) is -0.882. The molecule has 0 atom stereocenters. The predicted octanol–water partition coefficient (Wildman–Crippen LogP) is 2.08. The highest BCUT2D eigenvalue weighted by Gasteiger charge is 2.14. The first-order valence-electron chi connectivity index (χ1n) is 7.63. The van der Waals surface area contributed by atoms with Crippen LogP contribution in [0.2, 0.25) is 0 Å². The Morgan fingerprint density at radius 2 is 2.27 bits per heavy atom. The predicted molar refractivity (Wildman–Crippen MR) is 92.0 cm³/mol. The number of benzene rings is 1. The molecule has 8 heteroatoms. The third-order valence-corrected chi connectivity index (χ3v) is 3.20. The van der Waals surface area contributed by atoms with Gasteiger partial charge in [-0.15, -0.1) is 0 Å². The zero-order chi connectivity index (χ0) is 18.9. The minimum absolute atomic E-state index is 0.0591. The number of methoxy groups -OCH3 is 1. The Hall–Kier alpha value is -3.31. The van der Waals surface area contributed by atoms with E-state index in [1.807, 2.05) is 6.07 Å². The molecule has 0 saturated heterocycles. The molecule has 1 aromatic carbocycles. The molecule has 1 aromatic heterocycles. The number of aromatic nitrogens is 1. The lowest BCUT2D eigenvalue weighted by atomic mass is 10.1. The van der Waals surface area contributed by atoms with Crippen molar-refractivity contribution in [2.24, 2.45) is 5.10 Å². The summed E-state index contributed by atoms with van der Waals surface area (Å²) in [7, 11) is 1.52. The molecule has 26 heavy (non-hydrogen) atoms. The summed E-state index contributed by atoms with van der Waals surface area (Å²) >= 11 is 0. The SMILES string of the molecule is COCc1cc(C)nc(OCC(=O)N/N=C/c2cccc(F)c2)c1C#N. The minimum atomic E-state index is -0.543. The van der Waals surface area contributed by atoms with Crippen molar-refractivity contribution in [3.05, 3.63) is 58.5 Å². The van der Waals surface area contributed by atoms with Crippen molar-refractivity contribution in [2.45, 2.75) is 13.5 Å². The summed E-state index contributed by atoms with van der Waals surface area (Å²) < 4.78 is 23.4. The largest absolute Gasteiger partial charge is 0.467 e. The second-order valence-corrected chi connectivity index (χ2v) is 5.28. The van der Waals surface area contributed by atoms with Gasteiger partial charge in [-0.2, -0.15) is 10.4 Å². The number of carbonyl (C=O) groups excluding carboxylic acids is 1. The first-order chi connectivity index (χ1) is 12.5. The Bertz CT molecular complexity index is 862. The number of halogens is 1. The van der Waals surface area contributed by atoms with Crippen molar-refractivity contribution in [3.63, 3.8) is 0 Å². The van der Waals surface area contributed by atoms with E-state index in [0.29, 0.717) is 16.8 Å². The molecule has 2 aromatic rings. The highest BCUT2D eigenvalue weighted by molar-refractivity contribution is 5.82. The third-order valence-electron chi connectivity index (χ3n) is 3.20. The molecule has 0 saturated carbocycles. The molecule has 7 nitrogen and oxygen atoms in total. The molecule has 1 N–H and O–H groups in total. The monoisotopic (exact) mass is 356 g/mol. The molecule has 0 aliphatic rings. The normalized spacial score (nSPS) is 10.5. The lowest BCUT2D eigenvalue weighted by Gasteiger charge is -2.10. The Kier molecular flexibility index (Phi) is 6.76.